The van der Waals surface area contributed by atoms with Gasteiger partial charge < -0.3 is 10.2 Å². The van der Waals surface area contributed by atoms with Crippen LogP contribution >= 0.6 is 22.9 Å². The molecule has 0 bridgehead atoms. The minimum atomic E-state index is -1.28. The van der Waals surface area contributed by atoms with E-state index in [1.54, 1.807) is 12.1 Å². The Morgan fingerprint density at radius 1 is 1.60 bits per heavy atom. The third-order valence-electron chi connectivity index (χ3n) is 2.14. The third kappa shape index (κ3) is 3.19. The molecule has 1 unspecified atom stereocenters. The molecule has 0 radical (unpaired) electrons. The van der Waals surface area contributed by atoms with Crippen LogP contribution in [0.5, 0.6) is 0 Å². The highest BCUT2D eigenvalue weighted by Gasteiger charge is 2.32. The number of hydrogen-bond donors (Lipinski definition) is 2. The predicted octanol–water partition coefficient (Wildman–Crippen LogP) is 2.86. The van der Waals surface area contributed by atoms with Crippen molar-refractivity contribution >= 4 is 28.9 Å². The summed E-state index contributed by atoms with van der Waals surface area (Å²) in [7, 11) is 0. The van der Waals surface area contributed by atoms with Crippen LogP contribution in [0.2, 0.25) is 4.34 Å². The van der Waals surface area contributed by atoms with Crippen LogP contribution in [0.4, 0.5) is 0 Å². The summed E-state index contributed by atoms with van der Waals surface area (Å²) in [6.07, 6.45) is 0.868. The second-order valence-corrected chi connectivity index (χ2v) is 5.17. The molecule has 1 aromatic heterocycles. The maximum Gasteiger partial charge on any atom is 0.306 e. The molecule has 0 fully saturated rings. The smallest absolute Gasteiger partial charge is 0.306 e. The van der Waals surface area contributed by atoms with Crippen LogP contribution in [0.25, 0.3) is 0 Å². The number of rotatable bonds is 5. The molecular formula is C10H13ClO3S. The molecule has 1 heterocycles. The highest BCUT2D eigenvalue weighted by molar-refractivity contribution is 7.16. The normalized spacial score (nSPS) is 14.9. The average Bonchev–Trinajstić information content (AvgIpc) is 2.51. The molecule has 0 aliphatic heterocycles. The Morgan fingerprint density at radius 3 is 2.67 bits per heavy atom. The van der Waals surface area contributed by atoms with Gasteiger partial charge in [0.2, 0.25) is 0 Å². The van der Waals surface area contributed by atoms with Crippen molar-refractivity contribution < 1.29 is 15.0 Å². The maximum atomic E-state index is 10.7. The fourth-order valence-electron chi connectivity index (χ4n) is 1.53. The Kier molecular flexibility index (Phi) is 4.13. The lowest BCUT2D eigenvalue weighted by Crippen LogP contribution is -2.27. The molecule has 5 heteroatoms. The summed E-state index contributed by atoms with van der Waals surface area (Å²) < 4.78 is 0.560. The number of hydrogen-bond acceptors (Lipinski definition) is 3. The van der Waals surface area contributed by atoms with Crippen LogP contribution in [-0.2, 0) is 10.4 Å². The van der Waals surface area contributed by atoms with Crippen molar-refractivity contribution in [1.29, 1.82) is 0 Å². The molecule has 2 N–H and O–H groups in total. The SMILES string of the molecule is CCCC(O)(CC(=O)O)c1ccc(Cl)s1. The fourth-order valence-corrected chi connectivity index (χ4v) is 2.69. The van der Waals surface area contributed by atoms with Gasteiger partial charge in [-0.1, -0.05) is 24.9 Å². The molecule has 0 saturated carbocycles. The van der Waals surface area contributed by atoms with Gasteiger partial charge in [-0.05, 0) is 18.6 Å². The van der Waals surface area contributed by atoms with Gasteiger partial charge in [0, 0.05) is 4.88 Å². The second kappa shape index (κ2) is 4.96. The lowest BCUT2D eigenvalue weighted by atomic mass is 9.92. The molecule has 1 rings (SSSR count). The van der Waals surface area contributed by atoms with Crippen LogP contribution in [0, 0.1) is 0 Å². The fraction of sp³-hybridized carbons (Fsp3) is 0.500. The number of halogens is 1. The van der Waals surface area contributed by atoms with Crippen molar-refractivity contribution in [2.24, 2.45) is 0 Å². The van der Waals surface area contributed by atoms with Crippen LogP contribution in [-0.4, -0.2) is 16.2 Å². The first kappa shape index (κ1) is 12.5. The zero-order valence-corrected chi connectivity index (χ0v) is 9.94. The second-order valence-electron chi connectivity index (χ2n) is 3.46. The molecule has 15 heavy (non-hydrogen) atoms. The number of carbonyl (C=O) groups is 1. The zero-order chi connectivity index (χ0) is 11.5. The molecular weight excluding hydrogens is 236 g/mol. The van der Waals surface area contributed by atoms with E-state index in [4.69, 9.17) is 16.7 Å². The van der Waals surface area contributed by atoms with Crippen molar-refractivity contribution in [1.82, 2.24) is 0 Å². The molecule has 0 aromatic carbocycles. The Balaban J connectivity index is 2.94. The number of carboxylic acids is 1. The minimum Gasteiger partial charge on any atom is -0.481 e. The van der Waals surface area contributed by atoms with Gasteiger partial charge in [0.1, 0.15) is 5.60 Å². The summed E-state index contributed by atoms with van der Waals surface area (Å²) in [5.74, 6) is -1.00. The summed E-state index contributed by atoms with van der Waals surface area (Å²) in [4.78, 5) is 11.3. The van der Waals surface area contributed by atoms with Crippen LogP contribution in [0.15, 0.2) is 12.1 Å². The Hall–Kier alpha value is -0.580. The standard InChI is InChI=1S/C10H13ClO3S/c1-2-5-10(14,6-9(12)13)7-3-4-8(11)15-7/h3-4,14H,2,5-6H2,1H3,(H,12,13). The molecule has 0 spiro atoms. The van der Waals surface area contributed by atoms with E-state index in [0.717, 1.165) is 6.42 Å². The first-order valence-electron chi connectivity index (χ1n) is 4.68. The summed E-state index contributed by atoms with van der Waals surface area (Å²) in [6.45, 7) is 1.90. The number of carboxylic acid groups (broad SMARTS) is 1. The molecule has 1 atom stereocenters. The van der Waals surface area contributed by atoms with E-state index in [2.05, 4.69) is 0 Å². The van der Waals surface area contributed by atoms with Gasteiger partial charge in [-0.25, -0.2) is 0 Å². The van der Waals surface area contributed by atoms with E-state index in [1.165, 1.54) is 11.3 Å². The molecule has 0 aliphatic rings. The Bertz CT molecular complexity index is 350. The highest BCUT2D eigenvalue weighted by atomic mass is 35.5. The van der Waals surface area contributed by atoms with Crippen molar-refractivity contribution in [2.75, 3.05) is 0 Å². The van der Waals surface area contributed by atoms with Crippen LogP contribution in [0.3, 0.4) is 0 Å². The summed E-state index contributed by atoms with van der Waals surface area (Å²) >= 11 is 6.99. The van der Waals surface area contributed by atoms with Gasteiger partial charge in [-0.15, -0.1) is 11.3 Å². The average molecular weight is 249 g/mol. The molecule has 3 nitrogen and oxygen atoms in total. The first-order valence-corrected chi connectivity index (χ1v) is 5.87. The van der Waals surface area contributed by atoms with E-state index in [9.17, 15) is 9.90 Å². The third-order valence-corrected chi connectivity index (χ3v) is 3.56. The summed E-state index contributed by atoms with van der Waals surface area (Å²) in [5, 5.41) is 19.0. The predicted molar refractivity (Wildman–Crippen MR) is 60.4 cm³/mol. The van der Waals surface area contributed by atoms with Crippen molar-refractivity contribution in [3.63, 3.8) is 0 Å². The number of thiophene rings is 1. The van der Waals surface area contributed by atoms with E-state index in [0.29, 0.717) is 15.6 Å². The quantitative estimate of drug-likeness (QED) is 0.843. The van der Waals surface area contributed by atoms with E-state index >= 15 is 0 Å². The summed E-state index contributed by atoms with van der Waals surface area (Å²) in [5.41, 5.74) is -1.28. The van der Waals surface area contributed by atoms with Crippen molar-refractivity contribution in [3.8, 4) is 0 Å². The molecule has 0 amide bonds. The lowest BCUT2D eigenvalue weighted by Gasteiger charge is -2.24. The van der Waals surface area contributed by atoms with Crippen LogP contribution in [0.1, 0.15) is 31.1 Å². The minimum absolute atomic E-state index is 0.280. The Morgan fingerprint density at radius 2 is 2.27 bits per heavy atom. The topological polar surface area (TPSA) is 57.5 Å². The molecule has 84 valence electrons. The van der Waals surface area contributed by atoms with Gasteiger partial charge in [0.05, 0.1) is 10.8 Å². The molecule has 0 aliphatic carbocycles. The Labute approximate surface area is 97.3 Å². The summed E-state index contributed by atoms with van der Waals surface area (Å²) in [6, 6.07) is 3.36. The van der Waals surface area contributed by atoms with Gasteiger partial charge in [-0.2, -0.15) is 0 Å². The van der Waals surface area contributed by atoms with E-state index < -0.39 is 11.6 Å². The largest absolute Gasteiger partial charge is 0.481 e. The van der Waals surface area contributed by atoms with Gasteiger partial charge in [-0.3, -0.25) is 4.79 Å². The molecule has 0 saturated heterocycles. The number of aliphatic hydroxyl groups is 1. The van der Waals surface area contributed by atoms with E-state index in [-0.39, 0.29) is 6.42 Å². The lowest BCUT2D eigenvalue weighted by molar-refractivity contribution is -0.143. The zero-order valence-electron chi connectivity index (χ0n) is 8.36. The van der Waals surface area contributed by atoms with Gasteiger partial charge in [0.25, 0.3) is 0 Å². The highest BCUT2D eigenvalue weighted by Crippen LogP contribution is 2.36. The van der Waals surface area contributed by atoms with E-state index in [1.807, 2.05) is 6.92 Å². The van der Waals surface area contributed by atoms with Gasteiger partial charge in [0.15, 0.2) is 0 Å². The monoisotopic (exact) mass is 248 g/mol. The molecule has 1 aromatic rings. The number of aliphatic carboxylic acids is 1. The van der Waals surface area contributed by atoms with Crippen LogP contribution < -0.4 is 0 Å². The first-order chi connectivity index (χ1) is 6.98. The maximum absolute atomic E-state index is 10.7. The van der Waals surface area contributed by atoms with Crippen molar-refractivity contribution in [2.45, 2.75) is 31.8 Å². The van der Waals surface area contributed by atoms with Crippen molar-refractivity contribution in [3.05, 3.63) is 21.3 Å². The van der Waals surface area contributed by atoms with Gasteiger partial charge >= 0.3 is 5.97 Å².